The van der Waals surface area contributed by atoms with Crippen LogP contribution in [0.2, 0.25) is 5.02 Å². The highest BCUT2D eigenvalue weighted by Gasteiger charge is 2.19. The van der Waals surface area contributed by atoms with Crippen LogP contribution in [-0.4, -0.2) is 34.2 Å². The molecular formula is C20H21ClN4O4. The molecule has 152 valence electrons. The van der Waals surface area contributed by atoms with Gasteiger partial charge in [0.1, 0.15) is 11.5 Å². The SMILES string of the molecule is CCOc1ccc(C(CO)NC(=O)c2nc(NCc3ccco3)ncc2Cl)cc1. The maximum absolute atomic E-state index is 12.7. The van der Waals surface area contributed by atoms with Gasteiger partial charge in [0.15, 0.2) is 5.69 Å². The molecule has 29 heavy (non-hydrogen) atoms. The summed E-state index contributed by atoms with van der Waals surface area (Å²) in [6, 6.07) is 10.1. The number of carbonyl (C=O) groups is 1. The van der Waals surface area contributed by atoms with E-state index < -0.39 is 11.9 Å². The predicted octanol–water partition coefficient (Wildman–Crippen LogP) is 3.20. The second kappa shape index (κ2) is 9.90. The number of aliphatic hydroxyl groups excluding tert-OH is 1. The van der Waals surface area contributed by atoms with Crippen LogP contribution in [0.15, 0.2) is 53.3 Å². The minimum Gasteiger partial charge on any atom is -0.494 e. The lowest BCUT2D eigenvalue weighted by Crippen LogP contribution is -2.31. The van der Waals surface area contributed by atoms with Crippen LogP contribution in [0.3, 0.4) is 0 Å². The molecule has 8 nitrogen and oxygen atoms in total. The van der Waals surface area contributed by atoms with E-state index in [1.807, 2.05) is 6.92 Å². The van der Waals surface area contributed by atoms with E-state index in [2.05, 4.69) is 20.6 Å². The van der Waals surface area contributed by atoms with Crippen molar-refractivity contribution in [2.24, 2.45) is 0 Å². The molecule has 0 fully saturated rings. The van der Waals surface area contributed by atoms with Crippen molar-refractivity contribution in [2.45, 2.75) is 19.5 Å². The van der Waals surface area contributed by atoms with Gasteiger partial charge in [0.05, 0.1) is 43.3 Å². The van der Waals surface area contributed by atoms with Crippen LogP contribution in [-0.2, 0) is 6.54 Å². The minimum atomic E-state index is -0.622. The number of ether oxygens (including phenoxy) is 1. The molecule has 3 aromatic rings. The van der Waals surface area contributed by atoms with Crippen molar-refractivity contribution in [1.82, 2.24) is 15.3 Å². The highest BCUT2D eigenvalue weighted by Crippen LogP contribution is 2.20. The summed E-state index contributed by atoms with van der Waals surface area (Å²) in [5.41, 5.74) is 0.735. The molecule has 1 unspecified atom stereocenters. The largest absolute Gasteiger partial charge is 0.494 e. The summed E-state index contributed by atoms with van der Waals surface area (Å²) < 4.78 is 10.6. The van der Waals surface area contributed by atoms with Crippen molar-refractivity contribution >= 4 is 23.5 Å². The summed E-state index contributed by atoms with van der Waals surface area (Å²) in [6.45, 7) is 2.53. The third-order valence-corrected chi connectivity index (χ3v) is 4.32. The van der Waals surface area contributed by atoms with E-state index in [1.54, 1.807) is 42.7 Å². The number of nitrogens with one attached hydrogen (secondary N) is 2. The fraction of sp³-hybridized carbons (Fsp3) is 0.250. The molecule has 2 heterocycles. The standard InChI is InChI=1S/C20H21ClN4O4/c1-2-28-14-7-5-13(6-8-14)17(12-26)24-19(27)18-16(21)11-23-20(25-18)22-10-15-4-3-9-29-15/h3-9,11,17,26H,2,10,12H2,1H3,(H,24,27)(H,22,23,25). The van der Waals surface area contributed by atoms with Crippen LogP contribution >= 0.6 is 11.6 Å². The van der Waals surface area contributed by atoms with Crippen molar-refractivity contribution < 1.29 is 19.1 Å². The second-order valence-electron chi connectivity index (χ2n) is 6.03. The lowest BCUT2D eigenvalue weighted by molar-refractivity contribution is 0.0911. The van der Waals surface area contributed by atoms with E-state index in [0.717, 1.165) is 5.56 Å². The van der Waals surface area contributed by atoms with Gasteiger partial charge in [-0.15, -0.1) is 0 Å². The normalized spacial score (nSPS) is 11.7. The van der Waals surface area contributed by atoms with E-state index in [0.29, 0.717) is 24.7 Å². The lowest BCUT2D eigenvalue weighted by atomic mass is 10.1. The molecule has 3 rings (SSSR count). The molecule has 0 radical (unpaired) electrons. The van der Waals surface area contributed by atoms with E-state index in [-0.39, 0.29) is 23.3 Å². The third-order valence-electron chi connectivity index (χ3n) is 4.04. The van der Waals surface area contributed by atoms with Gasteiger partial charge in [-0.25, -0.2) is 9.97 Å². The minimum absolute atomic E-state index is 0.00741. The summed E-state index contributed by atoms with van der Waals surface area (Å²) in [4.78, 5) is 20.9. The Bertz CT molecular complexity index is 932. The van der Waals surface area contributed by atoms with E-state index in [1.165, 1.54) is 6.20 Å². The first-order valence-corrected chi connectivity index (χ1v) is 9.41. The zero-order chi connectivity index (χ0) is 20.6. The zero-order valence-corrected chi connectivity index (χ0v) is 16.5. The molecular weight excluding hydrogens is 396 g/mol. The predicted molar refractivity (Wildman–Crippen MR) is 108 cm³/mol. The number of anilines is 1. The van der Waals surface area contributed by atoms with Gasteiger partial charge in [-0.1, -0.05) is 23.7 Å². The third kappa shape index (κ3) is 5.46. The molecule has 0 aliphatic rings. The van der Waals surface area contributed by atoms with Crippen molar-refractivity contribution in [3.05, 3.63) is 70.9 Å². The number of furan rings is 1. The summed E-state index contributed by atoms with van der Waals surface area (Å²) in [7, 11) is 0. The smallest absolute Gasteiger partial charge is 0.272 e. The highest BCUT2D eigenvalue weighted by molar-refractivity contribution is 6.33. The van der Waals surface area contributed by atoms with Crippen molar-refractivity contribution in [3.63, 3.8) is 0 Å². The number of hydrogen-bond acceptors (Lipinski definition) is 7. The Kier molecular flexibility index (Phi) is 7.04. The number of halogens is 1. The van der Waals surface area contributed by atoms with Gasteiger partial charge in [0.2, 0.25) is 5.95 Å². The second-order valence-corrected chi connectivity index (χ2v) is 6.44. The first-order chi connectivity index (χ1) is 14.1. The van der Waals surface area contributed by atoms with E-state index in [9.17, 15) is 9.90 Å². The molecule has 1 aromatic carbocycles. The number of hydrogen-bond donors (Lipinski definition) is 3. The van der Waals surface area contributed by atoms with Crippen LogP contribution in [0.25, 0.3) is 0 Å². The number of aromatic nitrogens is 2. The van der Waals surface area contributed by atoms with Gasteiger partial charge in [-0.3, -0.25) is 4.79 Å². The van der Waals surface area contributed by atoms with Gasteiger partial charge in [-0.05, 0) is 36.8 Å². The number of nitrogens with zero attached hydrogens (tertiary/aromatic N) is 2. The molecule has 2 aromatic heterocycles. The van der Waals surface area contributed by atoms with E-state index in [4.69, 9.17) is 20.8 Å². The van der Waals surface area contributed by atoms with Crippen molar-refractivity contribution in [1.29, 1.82) is 0 Å². The monoisotopic (exact) mass is 416 g/mol. The van der Waals surface area contributed by atoms with Crippen molar-refractivity contribution in [2.75, 3.05) is 18.5 Å². The first kappa shape index (κ1) is 20.6. The van der Waals surface area contributed by atoms with Crippen LogP contribution in [0.5, 0.6) is 5.75 Å². The van der Waals surface area contributed by atoms with Crippen LogP contribution in [0.1, 0.15) is 34.8 Å². The average Bonchev–Trinajstić information content (AvgIpc) is 3.26. The number of amides is 1. The molecule has 1 amide bonds. The molecule has 0 bridgehead atoms. The first-order valence-electron chi connectivity index (χ1n) is 9.04. The molecule has 1 atom stereocenters. The molecule has 0 aliphatic heterocycles. The van der Waals surface area contributed by atoms with Gasteiger partial charge < -0.3 is 24.9 Å². The maximum atomic E-state index is 12.7. The van der Waals surface area contributed by atoms with Gasteiger partial charge >= 0.3 is 0 Å². The van der Waals surface area contributed by atoms with Crippen LogP contribution in [0.4, 0.5) is 5.95 Å². The molecule has 3 N–H and O–H groups in total. The Morgan fingerprint density at radius 3 is 2.76 bits per heavy atom. The van der Waals surface area contributed by atoms with Gasteiger partial charge in [-0.2, -0.15) is 0 Å². The van der Waals surface area contributed by atoms with Crippen molar-refractivity contribution in [3.8, 4) is 5.75 Å². The molecule has 0 spiro atoms. The Morgan fingerprint density at radius 1 is 1.31 bits per heavy atom. The summed E-state index contributed by atoms with van der Waals surface area (Å²) in [5.74, 6) is 1.12. The highest BCUT2D eigenvalue weighted by atomic mass is 35.5. The summed E-state index contributed by atoms with van der Waals surface area (Å²) in [6.07, 6.45) is 2.91. The van der Waals surface area contributed by atoms with Gasteiger partial charge in [0, 0.05) is 0 Å². The summed E-state index contributed by atoms with van der Waals surface area (Å²) in [5, 5.41) is 15.5. The fourth-order valence-electron chi connectivity index (χ4n) is 2.61. The average molecular weight is 417 g/mol. The van der Waals surface area contributed by atoms with E-state index >= 15 is 0 Å². The molecule has 9 heteroatoms. The fourth-order valence-corrected chi connectivity index (χ4v) is 2.79. The molecule has 0 saturated carbocycles. The lowest BCUT2D eigenvalue weighted by Gasteiger charge is -2.17. The van der Waals surface area contributed by atoms with Crippen LogP contribution < -0.4 is 15.4 Å². The Morgan fingerprint density at radius 2 is 2.10 bits per heavy atom. The Balaban J connectivity index is 1.70. The Labute approximate surface area is 172 Å². The number of rotatable bonds is 9. The molecule has 0 aliphatic carbocycles. The summed E-state index contributed by atoms with van der Waals surface area (Å²) >= 11 is 6.11. The number of benzene rings is 1. The Hall–Kier alpha value is -3.10. The van der Waals surface area contributed by atoms with Gasteiger partial charge in [0.25, 0.3) is 5.91 Å². The quantitative estimate of drug-likeness (QED) is 0.491. The zero-order valence-electron chi connectivity index (χ0n) is 15.8. The number of carbonyl (C=O) groups excluding carboxylic acids is 1. The molecule has 0 saturated heterocycles. The van der Waals surface area contributed by atoms with Crippen LogP contribution in [0, 0.1) is 0 Å². The maximum Gasteiger partial charge on any atom is 0.272 e. The topological polar surface area (TPSA) is 110 Å². The number of aliphatic hydroxyl groups is 1.